The first-order valence-electron chi connectivity index (χ1n) is 10.4. The molecule has 1 aliphatic rings. The molecule has 0 fully saturated rings. The van der Waals surface area contributed by atoms with E-state index in [0.29, 0.717) is 18.3 Å². The first kappa shape index (κ1) is 20.7. The number of hydrogen-bond acceptors (Lipinski definition) is 5. The van der Waals surface area contributed by atoms with Crippen LogP contribution in [0.15, 0.2) is 64.0 Å². The molecule has 1 aliphatic heterocycles. The van der Waals surface area contributed by atoms with Crippen LogP contribution in [-0.2, 0) is 17.8 Å². The smallest absolute Gasteiger partial charge is 0.262 e. The van der Waals surface area contributed by atoms with Crippen LogP contribution in [0.1, 0.15) is 29.4 Å². The summed E-state index contributed by atoms with van der Waals surface area (Å²) in [6.07, 6.45) is 2.26. The number of carbonyl (C=O) groups excluding carboxylic acids is 1. The zero-order chi connectivity index (χ0) is 22.0. The molecule has 1 amide bonds. The Bertz CT molecular complexity index is 1170. The van der Waals surface area contributed by atoms with Crippen molar-refractivity contribution in [3.63, 3.8) is 0 Å². The molecule has 31 heavy (non-hydrogen) atoms. The van der Waals surface area contributed by atoms with Gasteiger partial charge in [0.15, 0.2) is 6.61 Å². The summed E-state index contributed by atoms with van der Waals surface area (Å²) in [5.41, 5.74) is 4.97. The first-order chi connectivity index (χ1) is 14.9. The van der Waals surface area contributed by atoms with E-state index < -0.39 is 0 Å². The monoisotopic (exact) mass is 418 g/mol. The summed E-state index contributed by atoms with van der Waals surface area (Å²) < 4.78 is 11.1. The summed E-state index contributed by atoms with van der Waals surface area (Å²) in [6, 6.07) is 15.8. The third-order valence-corrected chi connectivity index (χ3v) is 5.54. The van der Waals surface area contributed by atoms with Crippen LogP contribution in [0.3, 0.4) is 0 Å². The van der Waals surface area contributed by atoms with Crippen LogP contribution >= 0.6 is 0 Å². The number of para-hydroxylation sites is 1. The molecule has 2 aromatic carbocycles. The fourth-order valence-electron chi connectivity index (χ4n) is 3.95. The maximum atomic E-state index is 12.5. The van der Waals surface area contributed by atoms with Crippen LogP contribution in [0.25, 0.3) is 0 Å². The quantitative estimate of drug-likeness (QED) is 0.649. The number of ether oxygens (including phenoxy) is 1. The van der Waals surface area contributed by atoms with Crippen molar-refractivity contribution < 1.29 is 13.9 Å². The zero-order valence-electron chi connectivity index (χ0n) is 18.0. The average molecular weight is 418 g/mol. The number of nitrogens with one attached hydrogen (secondary N) is 1. The van der Waals surface area contributed by atoms with Crippen molar-refractivity contribution >= 4 is 17.3 Å². The highest BCUT2D eigenvalue weighted by Crippen LogP contribution is 2.33. The van der Waals surface area contributed by atoms with E-state index in [1.807, 2.05) is 44.2 Å². The van der Waals surface area contributed by atoms with Crippen molar-refractivity contribution in [2.45, 2.75) is 39.8 Å². The lowest BCUT2D eigenvalue weighted by Crippen LogP contribution is -2.29. The van der Waals surface area contributed by atoms with Crippen LogP contribution in [-0.4, -0.2) is 18.6 Å². The lowest BCUT2D eigenvalue weighted by Gasteiger charge is -2.24. The minimum atomic E-state index is -0.335. The van der Waals surface area contributed by atoms with Gasteiger partial charge >= 0.3 is 0 Å². The molecule has 0 spiro atoms. The van der Waals surface area contributed by atoms with Gasteiger partial charge in [0.2, 0.25) is 11.2 Å². The number of carbonyl (C=O) groups is 1. The van der Waals surface area contributed by atoms with Gasteiger partial charge in [0.25, 0.3) is 5.91 Å². The van der Waals surface area contributed by atoms with Crippen molar-refractivity contribution in [3.05, 3.63) is 87.5 Å². The van der Waals surface area contributed by atoms with Crippen molar-refractivity contribution in [1.82, 2.24) is 0 Å². The number of nitrogens with zero attached hydrogens (tertiary/aromatic N) is 1. The SMILES string of the molecule is Cc1ccc(NC(=O)COc2coc(CN3c4ccccc4C[C@H]3C)cc2=O)c(C)c1. The largest absolute Gasteiger partial charge is 0.477 e. The van der Waals surface area contributed by atoms with Crippen LogP contribution in [0.4, 0.5) is 11.4 Å². The van der Waals surface area contributed by atoms with Gasteiger partial charge < -0.3 is 19.4 Å². The second-order valence-corrected chi connectivity index (χ2v) is 8.04. The van der Waals surface area contributed by atoms with Crippen molar-refractivity contribution in [2.75, 3.05) is 16.8 Å². The van der Waals surface area contributed by atoms with Gasteiger partial charge in [0.1, 0.15) is 12.0 Å². The van der Waals surface area contributed by atoms with Crippen molar-refractivity contribution in [3.8, 4) is 5.75 Å². The molecule has 1 aromatic heterocycles. The zero-order valence-corrected chi connectivity index (χ0v) is 18.0. The van der Waals surface area contributed by atoms with Crippen molar-refractivity contribution in [1.29, 1.82) is 0 Å². The summed E-state index contributed by atoms with van der Waals surface area (Å²) in [4.78, 5) is 26.9. The Kier molecular flexibility index (Phi) is 5.80. The molecule has 0 bridgehead atoms. The number of anilines is 2. The summed E-state index contributed by atoms with van der Waals surface area (Å²) in [7, 11) is 0. The fourth-order valence-corrected chi connectivity index (χ4v) is 3.95. The molecule has 3 aromatic rings. The van der Waals surface area contributed by atoms with Gasteiger partial charge in [-0.25, -0.2) is 0 Å². The lowest BCUT2D eigenvalue weighted by atomic mass is 10.1. The van der Waals surface area contributed by atoms with Gasteiger partial charge in [-0.15, -0.1) is 0 Å². The van der Waals surface area contributed by atoms with Crippen LogP contribution < -0.4 is 20.4 Å². The normalized spacial score (nSPS) is 14.9. The van der Waals surface area contributed by atoms with Gasteiger partial charge in [-0.3, -0.25) is 9.59 Å². The second-order valence-electron chi connectivity index (χ2n) is 8.04. The van der Waals surface area contributed by atoms with Gasteiger partial charge in [-0.1, -0.05) is 35.9 Å². The molecular formula is C25H26N2O4. The summed E-state index contributed by atoms with van der Waals surface area (Å²) in [6.45, 7) is 6.31. The number of rotatable bonds is 6. The van der Waals surface area contributed by atoms with E-state index in [-0.39, 0.29) is 23.7 Å². The Morgan fingerprint density at radius 1 is 1.19 bits per heavy atom. The van der Waals surface area contributed by atoms with E-state index in [0.717, 1.165) is 23.2 Å². The maximum Gasteiger partial charge on any atom is 0.262 e. The number of aryl methyl sites for hydroxylation is 2. The Morgan fingerprint density at radius 3 is 2.77 bits per heavy atom. The number of fused-ring (bicyclic) bond motifs is 1. The van der Waals surface area contributed by atoms with E-state index in [1.54, 1.807) is 0 Å². The van der Waals surface area contributed by atoms with Gasteiger partial charge in [0, 0.05) is 23.5 Å². The van der Waals surface area contributed by atoms with E-state index in [4.69, 9.17) is 9.15 Å². The molecule has 1 N–H and O–H groups in total. The Morgan fingerprint density at radius 2 is 2.00 bits per heavy atom. The number of hydrogen-bond donors (Lipinski definition) is 1. The maximum absolute atomic E-state index is 12.5. The van der Waals surface area contributed by atoms with Gasteiger partial charge in [-0.2, -0.15) is 0 Å². The van der Waals surface area contributed by atoms with Crippen molar-refractivity contribution in [2.24, 2.45) is 0 Å². The van der Waals surface area contributed by atoms with Gasteiger partial charge in [-0.05, 0) is 50.5 Å². The third-order valence-electron chi connectivity index (χ3n) is 5.54. The van der Waals surface area contributed by atoms with Crippen LogP contribution in [0.2, 0.25) is 0 Å². The molecule has 0 aliphatic carbocycles. The Labute approximate surface area is 181 Å². The van der Waals surface area contributed by atoms with E-state index in [9.17, 15) is 9.59 Å². The highest BCUT2D eigenvalue weighted by Gasteiger charge is 2.26. The topological polar surface area (TPSA) is 71.8 Å². The molecule has 4 rings (SSSR count). The first-order valence-corrected chi connectivity index (χ1v) is 10.4. The van der Waals surface area contributed by atoms with Gasteiger partial charge in [0.05, 0.1) is 6.54 Å². The predicted molar refractivity (Wildman–Crippen MR) is 121 cm³/mol. The second kappa shape index (κ2) is 8.68. The molecule has 160 valence electrons. The summed E-state index contributed by atoms with van der Waals surface area (Å²) >= 11 is 0. The highest BCUT2D eigenvalue weighted by atomic mass is 16.5. The molecule has 0 saturated heterocycles. The molecule has 0 unspecified atom stereocenters. The minimum absolute atomic E-state index is 0.0226. The molecule has 6 nitrogen and oxygen atoms in total. The molecule has 2 heterocycles. The summed E-state index contributed by atoms with van der Waals surface area (Å²) in [5, 5.41) is 2.80. The van der Waals surface area contributed by atoms with E-state index in [2.05, 4.69) is 29.3 Å². The predicted octanol–water partition coefficient (Wildman–Crippen LogP) is 4.23. The minimum Gasteiger partial charge on any atom is -0.477 e. The van der Waals surface area contributed by atoms with E-state index >= 15 is 0 Å². The average Bonchev–Trinajstić information content (AvgIpc) is 3.05. The highest BCUT2D eigenvalue weighted by molar-refractivity contribution is 5.92. The molecule has 6 heteroatoms. The fraction of sp³-hybridized carbons (Fsp3) is 0.280. The lowest BCUT2D eigenvalue weighted by molar-refractivity contribution is -0.118. The number of benzene rings is 2. The standard InChI is InChI=1S/C25H26N2O4/c1-16-8-9-21(17(2)10-16)26-25(29)15-31-24-14-30-20(12-23(24)28)13-27-18(3)11-19-6-4-5-7-22(19)27/h4-10,12,14,18H,11,13,15H2,1-3H3,(H,26,29)/t18-/m1/s1. The van der Waals surface area contributed by atoms with Crippen LogP contribution in [0.5, 0.6) is 5.75 Å². The third kappa shape index (κ3) is 4.63. The molecule has 0 saturated carbocycles. The van der Waals surface area contributed by atoms with E-state index in [1.165, 1.54) is 23.6 Å². The molecule has 0 radical (unpaired) electrons. The number of amides is 1. The summed E-state index contributed by atoms with van der Waals surface area (Å²) in [5.74, 6) is 0.243. The molecular weight excluding hydrogens is 392 g/mol. The molecule has 1 atom stereocenters. The Hall–Kier alpha value is -3.54. The Balaban J connectivity index is 1.38. The van der Waals surface area contributed by atoms with Crippen LogP contribution in [0, 0.1) is 13.8 Å².